The number of benzene rings is 1. The summed E-state index contributed by atoms with van der Waals surface area (Å²) in [6, 6.07) is 10.8. The van der Waals surface area contributed by atoms with Crippen molar-refractivity contribution < 1.29 is 19.1 Å². The van der Waals surface area contributed by atoms with Gasteiger partial charge in [-0.05, 0) is 37.0 Å². The van der Waals surface area contributed by atoms with Crippen molar-refractivity contribution in [3.05, 3.63) is 72.7 Å². The number of nitrogens with zero attached hydrogens (tertiary/aromatic N) is 2. The van der Waals surface area contributed by atoms with Crippen LogP contribution in [-0.4, -0.2) is 32.7 Å². The van der Waals surface area contributed by atoms with Gasteiger partial charge in [0.1, 0.15) is 12.4 Å². The van der Waals surface area contributed by atoms with Crippen molar-refractivity contribution in [2.75, 3.05) is 0 Å². The van der Waals surface area contributed by atoms with Crippen molar-refractivity contribution in [1.82, 2.24) is 14.9 Å². The van der Waals surface area contributed by atoms with Gasteiger partial charge in [0.15, 0.2) is 5.76 Å². The van der Waals surface area contributed by atoms with Gasteiger partial charge in [0, 0.05) is 24.5 Å². The van der Waals surface area contributed by atoms with E-state index in [2.05, 4.69) is 10.3 Å². The van der Waals surface area contributed by atoms with Crippen molar-refractivity contribution in [1.29, 1.82) is 0 Å². The minimum Gasteiger partial charge on any atom is -0.489 e. The first kappa shape index (κ1) is 18.3. The van der Waals surface area contributed by atoms with Gasteiger partial charge in [0.25, 0.3) is 5.91 Å². The van der Waals surface area contributed by atoms with Crippen LogP contribution in [0.25, 0.3) is 0 Å². The predicted molar refractivity (Wildman–Crippen MR) is 102 cm³/mol. The van der Waals surface area contributed by atoms with E-state index >= 15 is 0 Å². The van der Waals surface area contributed by atoms with Gasteiger partial charge in [-0.15, -0.1) is 0 Å². The van der Waals surface area contributed by atoms with Crippen LogP contribution in [0, 0.1) is 5.92 Å². The van der Waals surface area contributed by atoms with Crippen LogP contribution in [0.15, 0.2) is 65.8 Å². The third-order valence-corrected chi connectivity index (χ3v) is 5.06. The van der Waals surface area contributed by atoms with E-state index in [1.54, 1.807) is 18.6 Å². The van der Waals surface area contributed by atoms with Gasteiger partial charge in [-0.2, -0.15) is 0 Å². The molecule has 7 nitrogen and oxygen atoms in total. The summed E-state index contributed by atoms with van der Waals surface area (Å²) in [5.74, 6) is 0.904. The number of aromatic nitrogens is 2. The summed E-state index contributed by atoms with van der Waals surface area (Å²) in [6.45, 7) is 1.01. The molecule has 7 heteroatoms. The number of amides is 1. The normalized spacial score (nSPS) is 21.5. The minimum absolute atomic E-state index is 0.223. The highest BCUT2D eigenvalue weighted by atomic mass is 16.5. The zero-order valence-corrected chi connectivity index (χ0v) is 15.4. The summed E-state index contributed by atoms with van der Waals surface area (Å²) < 4.78 is 13.1. The molecule has 0 spiro atoms. The number of para-hydroxylation sites is 1. The fraction of sp³-hybridized carbons (Fsp3) is 0.333. The number of imidazole rings is 1. The standard InChI is InChI=1S/C21H23N3O4/c25-19-11-15(12-24-8-7-22-14-24)10-18(19)23-21(26)20-16(6-9-27-20)13-28-17-4-2-1-3-5-17/h1-9,14-15,18-19,25H,10-13H2,(H,23,26)/t15?,18-,19-/m1/s1. The van der Waals surface area contributed by atoms with Crippen molar-refractivity contribution in [3.63, 3.8) is 0 Å². The molecule has 146 valence electrons. The molecule has 0 aliphatic heterocycles. The molecule has 4 rings (SSSR count). The molecular weight excluding hydrogens is 358 g/mol. The molecule has 1 aliphatic rings. The molecule has 2 heterocycles. The minimum atomic E-state index is -0.573. The van der Waals surface area contributed by atoms with Gasteiger partial charge < -0.3 is 24.1 Å². The lowest BCUT2D eigenvalue weighted by molar-refractivity contribution is 0.0842. The molecule has 1 aliphatic carbocycles. The molecule has 0 radical (unpaired) electrons. The molecule has 1 fully saturated rings. The number of rotatable bonds is 7. The van der Waals surface area contributed by atoms with Crippen LogP contribution in [0.3, 0.4) is 0 Å². The highest BCUT2D eigenvalue weighted by Crippen LogP contribution is 2.28. The Labute approximate surface area is 163 Å². The van der Waals surface area contributed by atoms with Crippen LogP contribution in [0.4, 0.5) is 0 Å². The number of aliphatic hydroxyl groups is 1. The SMILES string of the molecule is O=C(N[C@@H]1CC(Cn2ccnc2)C[C@H]1O)c1occc1COc1ccccc1. The molecule has 1 unspecified atom stereocenters. The van der Waals surface area contributed by atoms with Crippen molar-refractivity contribution in [2.24, 2.45) is 5.92 Å². The van der Waals surface area contributed by atoms with Crippen molar-refractivity contribution >= 4 is 5.91 Å². The fourth-order valence-corrected chi connectivity index (χ4v) is 3.68. The number of hydrogen-bond donors (Lipinski definition) is 2. The van der Waals surface area contributed by atoms with Crippen molar-refractivity contribution in [2.45, 2.75) is 38.1 Å². The maximum atomic E-state index is 12.7. The third-order valence-electron chi connectivity index (χ3n) is 5.06. The Kier molecular flexibility index (Phi) is 5.43. The van der Waals surface area contributed by atoms with Gasteiger partial charge in [-0.25, -0.2) is 4.98 Å². The number of ether oxygens (including phenoxy) is 1. The second-order valence-electron chi connectivity index (χ2n) is 7.12. The maximum Gasteiger partial charge on any atom is 0.287 e. The Bertz CT molecular complexity index is 892. The summed E-state index contributed by atoms with van der Waals surface area (Å²) in [6.07, 6.45) is 7.66. The average molecular weight is 381 g/mol. The van der Waals surface area contributed by atoms with Crippen LogP contribution in [0.5, 0.6) is 5.75 Å². The average Bonchev–Trinajstić information content (AvgIpc) is 3.44. The van der Waals surface area contributed by atoms with Gasteiger partial charge in [-0.3, -0.25) is 4.79 Å². The number of hydrogen-bond acceptors (Lipinski definition) is 5. The number of furan rings is 1. The lowest BCUT2D eigenvalue weighted by atomic mass is 10.1. The van der Waals surface area contributed by atoms with E-state index < -0.39 is 6.10 Å². The van der Waals surface area contributed by atoms with Crippen LogP contribution >= 0.6 is 0 Å². The molecular formula is C21H23N3O4. The summed E-state index contributed by atoms with van der Waals surface area (Å²) in [4.78, 5) is 16.7. The second kappa shape index (κ2) is 8.31. The van der Waals surface area contributed by atoms with Crippen molar-refractivity contribution in [3.8, 4) is 5.75 Å². The molecule has 28 heavy (non-hydrogen) atoms. The summed E-state index contributed by atoms with van der Waals surface area (Å²) in [5.41, 5.74) is 0.670. The summed E-state index contributed by atoms with van der Waals surface area (Å²) >= 11 is 0. The predicted octanol–water partition coefficient (Wildman–Crippen LogP) is 2.62. The van der Waals surface area contributed by atoms with Crippen LogP contribution in [-0.2, 0) is 13.2 Å². The van der Waals surface area contributed by atoms with E-state index in [0.717, 1.165) is 12.3 Å². The largest absolute Gasteiger partial charge is 0.489 e. The first-order chi connectivity index (χ1) is 13.7. The number of carbonyl (C=O) groups excluding carboxylic acids is 1. The number of aliphatic hydroxyl groups excluding tert-OH is 1. The number of nitrogens with one attached hydrogen (secondary N) is 1. The van der Waals surface area contributed by atoms with E-state index in [1.165, 1.54) is 6.26 Å². The molecule has 3 atom stereocenters. The Morgan fingerprint density at radius 3 is 2.93 bits per heavy atom. The first-order valence-corrected chi connectivity index (χ1v) is 9.38. The maximum absolute atomic E-state index is 12.7. The fourth-order valence-electron chi connectivity index (χ4n) is 3.68. The second-order valence-corrected chi connectivity index (χ2v) is 7.12. The Morgan fingerprint density at radius 1 is 1.29 bits per heavy atom. The lowest BCUT2D eigenvalue weighted by Gasteiger charge is -2.16. The van der Waals surface area contributed by atoms with Gasteiger partial charge >= 0.3 is 0 Å². The van der Waals surface area contributed by atoms with Gasteiger partial charge in [-0.1, -0.05) is 18.2 Å². The van der Waals surface area contributed by atoms with E-state index in [9.17, 15) is 9.90 Å². The first-order valence-electron chi connectivity index (χ1n) is 9.38. The smallest absolute Gasteiger partial charge is 0.287 e. The molecule has 0 saturated heterocycles. The zero-order valence-electron chi connectivity index (χ0n) is 15.4. The zero-order chi connectivity index (χ0) is 19.3. The highest BCUT2D eigenvalue weighted by molar-refractivity contribution is 5.93. The molecule has 1 aromatic carbocycles. The number of carbonyl (C=O) groups is 1. The van der Waals surface area contributed by atoms with E-state index in [0.29, 0.717) is 18.4 Å². The summed E-state index contributed by atoms with van der Waals surface area (Å²) in [5, 5.41) is 13.3. The quantitative estimate of drug-likeness (QED) is 0.657. The van der Waals surface area contributed by atoms with E-state index in [4.69, 9.17) is 9.15 Å². The highest BCUT2D eigenvalue weighted by Gasteiger charge is 2.35. The Morgan fingerprint density at radius 2 is 2.14 bits per heavy atom. The third kappa shape index (κ3) is 4.26. The van der Waals surface area contributed by atoms with Crippen LogP contribution in [0.1, 0.15) is 29.0 Å². The molecule has 0 bridgehead atoms. The van der Waals surface area contributed by atoms with Crippen LogP contribution in [0.2, 0.25) is 0 Å². The van der Waals surface area contributed by atoms with Gasteiger partial charge in [0.05, 0.1) is 24.7 Å². The monoisotopic (exact) mass is 381 g/mol. The van der Waals surface area contributed by atoms with Gasteiger partial charge in [0.2, 0.25) is 0 Å². The lowest BCUT2D eigenvalue weighted by Crippen LogP contribution is -2.40. The molecule has 1 saturated carbocycles. The van der Waals surface area contributed by atoms with E-state index in [1.807, 2.05) is 41.1 Å². The Balaban J connectivity index is 1.34. The van der Waals surface area contributed by atoms with E-state index in [-0.39, 0.29) is 30.2 Å². The topological polar surface area (TPSA) is 89.5 Å². The summed E-state index contributed by atoms with van der Waals surface area (Å²) in [7, 11) is 0. The molecule has 2 aromatic heterocycles. The Hall–Kier alpha value is -3.06. The van der Waals surface area contributed by atoms with Crippen LogP contribution < -0.4 is 10.1 Å². The molecule has 1 amide bonds. The molecule has 3 aromatic rings. The molecule has 2 N–H and O–H groups in total.